The largest absolute Gasteiger partial charge is 0.357 e. The van der Waals surface area contributed by atoms with E-state index in [1.165, 1.54) is 32.2 Å². The number of hydrogen-bond acceptors (Lipinski definition) is 3. The van der Waals surface area contributed by atoms with Gasteiger partial charge in [0.05, 0.1) is 11.9 Å². The van der Waals surface area contributed by atoms with Crippen molar-refractivity contribution < 1.29 is 17.6 Å². The van der Waals surface area contributed by atoms with Gasteiger partial charge in [0.2, 0.25) is 15.9 Å². The molecule has 0 aliphatic heterocycles. The van der Waals surface area contributed by atoms with Gasteiger partial charge in [0.15, 0.2) is 0 Å². The fraction of sp³-hybridized carbons (Fsp3) is 0.364. The molecule has 0 bridgehead atoms. The van der Waals surface area contributed by atoms with E-state index in [9.17, 15) is 17.6 Å². The molecule has 0 aromatic heterocycles. The standard InChI is InChI=1S/C11H15FN2O3S/c1-8(11(15)13-2)14(18(3,16)17)10-7-5-4-6-9(10)12/h4-8H,1-3H3,(H,13,15). The minimum Gasteiger partial charge on any atom is -0.357 e. The van der Waals surface area contributed by atoms with E-state index in [4.69, 9.17) is 0 Å². The molecule has 0 fully saturated rings. The monoisotopic (exact) mass is 274 g/mol. The first kappa shape index (κ1) is 14.4. The summed E-state index contributed by atoms with van der Waals surface area (Å²) in [5, 5.41) is 2.34. The lowest BCUT2D eigenvalue weighted by Gasteiger charge is -2.27. The summed E-state index contributed by atoms with van der Waals surface area (Å²) in [7, 11) is -2.37. The van der Waals surface area contributed by atoms with Crippen molar-refractivity contribution in [1.82, 2.24) is 5.32 Å². The zero-order valence-corrected chi connectivity index (χ0v) is 11.2. The summed E-state index contributed by atoms with van der Waals surface area (Å²) in [6.45, 7) is 1.40. The number of amides is 1. The van der Waals surface area contributed by atoms with Crippen LogP contribution in [0.5, 0.6) is 0 Å². The fourth-order valence-corrected chi connectivity index (χ4v) is 2.80. The molecule has 0 heterocycles. The van der Waals surface area contributed by atoms with Crippen molar-refractivity contribution in [2.75, 3.05) is 17.6 Å². The van der Waals surface area contributed by atoms with E-state index < -0.39 is 27.8 Å². The van der Waals surface area contributed by atoms with Crippen molar-refractivity contribution in [2.45, 2.75) is 13.0 Å². The molecule has 7 heteroatoms. The van der Waals surface area contributed by atoms with Crippen LogP contribution in [0.15, 0.2) is 24.3 Å². The number of benzene rings is 1. The van der Waals surface area contributed by atoms with Gasteiger partial charge >= 0.3 is 0 Å². The number of sulfonamides is 1. The van der Waals surface area contributed by atoms with Crippen LogP contribution in [0.2, 0.25) is 0 Å². The van der Waals surface area contributed by atoms with E-state index in [2.05, 4.69) is 5.32 Å². The molecular weight excluding hydrogens is 259 g/mol. The minimum atomic E-state index is -3.76. The van der Waals surface area contributed by atoms with E-state index >= 15 is 0 Å². The van der Waals surface area contributed by atoms with E-state index in [1.54, 1.807) is 0 Å². The molecule has 0 spiro atoms. The van der Waals surface area contributed by atoms with Crippen molar-refractivity contribution in [3.63, 3.8) is 0 Å². The molecule has 0 saturated carbocycles. The average molecular weight is 274 g/mol. The van der Waals surface area contributed by atoms with Crippen molar-refractivity contribution >= 4 is 21.6 Å². The highest BCUT2D eigenvalue weighted by Crippen LogP contribution is 2.23. The van der Waals surface area contributed by atoms with Crippen LogP contribution in [-0.2, 0) is 14.8 Å². The zero-order chi connectivity index (χ0) is 13.9. The number of nitrogens with zero attached hydrogens (tertiary/aromatic N) is 1. The molecule has 0 aliphatic carbocycles. The van der Waals surface area contributed by atoms with Gasteiger partial charge < -0.3 is 5.32 Å². The molecule has 1 atom stereocenters. The molecule has 1 rings (SSSR count). The Balaban J connectivity index is 3.33. The molecule has 1 unspecified atom stereocenters. The minimum absolute atomic E-state index is 0.142. The topological polar surface area (TPSA) is 66.5 Å². The second-order valence-electron chi connectivity index (χ2n) is 3.80. The Morgan fingerprint density at radius 1 is 1.39 bits per heavy atom. The third kappa shape index (κ3) is 2.98. The van der Waals surface area contributed by atoms with Crippen LogP contribution in [0, 0.1) is 5.82 Å². The normalized spacial score (nSPS) is 12.9. The van der Waals surface area contributed by atoms with E-state index in [0.29, 0.717) is 0 Å². The smallest absolute Gasteiger partial charge is 0.243 e. The summed E-state index contributed by atoms with van der Waals surface area (Å²) >= 11 is 0. The number of anilines is 1. The fourth-order valence-electron chi connectivity index (χ4n) is 1.62. The maximum absolute atomic E-state index is 13.7. The van der Waals surface area contributed by atoms with Crippen LogP contribution in [0.25, 0.3) is 0 Å². The number of rotatable bonds is 4. The number of hydrogen-bond donors (Lipinski definition) is 1. The number of nitrogens with one attached hydrogen (secondary N) is 1. The molecule has 0 aliphatic rings. The van der Waals surface area contributed by atoms with Crippen molar-refractivity contribution in [2.24, 2.45) is 0 Å². The number of carbonyl (C=O) groups is 1. The van der Waals surface area contributed by atoms with Gasteiger partial charge in [-0.3, -0.25) is 9.10 Å². The first-order valence-corrected chi connectivity index (χ1v) is 7.09. The van der Waals surface area contributed by atoms with Gasteiger partial charge in [-0.1, -0.05) is 12.1 Å². The summed E-state index contributed by atoms with van der Waals surface area (Å²) in [4.78, 5) is 11.5. The Bertz CT molecular complexity index is 545. The quantitative estimate of drug-likeness (QED) is 0.880. The molecule has 1 N–H and O–H groups in total. The summed E-state index contributed by atoms with van der Waals surface area (Å²) in [5.74, 6) is -1.21. The Hall–Kier alpha value is -1.63. The molecule has 5 nitrogen and oxygen atoms in total. The first-order chi connectivity index (χ1) is 8.29. The molecule has 0 radical (unpaired) electrons. The number of carbonyl (C=O) groups excluding carboxylic acids is 1. The van der Waals surface area contributed by atoms with Crippen LogP contribution in [0.1, 0.15) is 6.92 Å². The maximum atomic E-state index is 13.7. The van der Waals surface area contributed by atoms with E-state index in [0.717, 1.165) is 16.6 Å². The van der Waals surface area contributed by atoms with Crippen molar-refractivity contribution in [3.8, 4) is 0 Å². The second kappa shape index (κ2) is 5.34. The third-order valence-electron chi connectivity index (χ3n) is 2.42. The van der Waals surface area contributed by atoms with Gasteiger partial charge in [0, 0.05) is 7.05 Å². The molecule has 100 valence electrons. The lowest BCUT2D eigenvalue weighted by Crippen LogP contribution is -2.47. The predicted molar refractivity (Wildman–Crippen MR) is 67.3 cm³/mol. The Labute approximate surface area is 106 Å². The van der Waals surface area contributed by atoms with Gasteiger partial charge in [0.25, 0.3) is 0 Å². The highest BCUT2D eigenvalue weighted by atomic mass is 32.2. The van der Waals surface area contributed by atoms with Crippen LogP contribution < -0.4 is 9.62 Å². The van der Waals surface area contributed by atoms with Crippen LogP contribution in [-0.4, -0.2) is 33.7 Å². The van der Waals surface area contributed by atoms with Crippen LogP contribution in [0.4, 0.5) is 10.1 Å². The zero-order valence-electron chi connectivity index (χ0n) is 10.3. The molecule has 1 aromatic rings. The molecule has 1 aromatic carbocycles. The molecule has 18 heavy (non-hydrogen) atoms. The van der Waals surface area contributed by atoms with Gasteiger partial charge in [-0.05, 0) is 19.1 Å². The summed E-state index contributed by atoms with van der Waals surface area (Å²) in [5.41, 5.74) is -0.142. The average Bonchev–Trinajstić information content (AvgIpc) is 2.29. The molecular formula is C11H15FN2O3S. The van der Waals surface area contributed by atoms with Gasteiger partial charge in [-0.25, -0.2) is 12.8 Å². The second-order valence-corrected chi connectivity index (χ2v) is 5.66. The van der Waals surface area contributed by atoms with Crippen molar-refractivity contribution in [1.29, 1.82) is 0 Å². The Kier molecular flexibility index (Phi) is 4.28. The SMILES string of the molecule is CNC(=O)C(C)N(c1ccccc1F)S(C)(=O)=O. The van der Waals surface area contributed by atoms with Crippen molar-refractivity contribution in [3.05, 3.63) is 30.1 Å². The van der Waals surface area contributed by atoms with E-state index in [-0.39, 0.29) is 5.69 Å². The first-order valence-electron chi connectivity index (χ1n) is 5.24. The van der Waals surface area contributed by atoms with Crippen LogP contribution >= 0.6 is 0 Å². The predicted octanol–water partition coefficient (Wildman–Crippen LogP) is 0.726. The Morgan fingerprint density at radius 2 is 1.94 bits per heavy atom. The lowest BCUT2D eigenvalue weighted by atomic mass is 10.2. The van der Waals surface area contributed by atoms with Crippen LogP contribution in [0.3, 0.4) is 0 Å². The van der Waals surface area contributed by atoms with Gasteiger partial charge in [-0.15, -0.1) is 0 Å². The molecule has 0 saturated heterocycles. The maximum Gasteiger partial charge on any atom is 0.243 e. The highest BCUT2D eigenvalue weighted by Gasteiger charge is 2.30. The summed E-state index contributed by atoms with van der Waals surface area (Å²) < 4.78 is 37.9. The molecule has 1 amide bonds. The number of para-hydroxylation sites is 1. The number of halogens is 1. The van der Waals surface area contributed by atoms with Gasteiger partial charge in [0.1, 0.15) is 11.9 Å². The highest BCUT2D eigenvalue weighted by molar-refractivity contribution is 7.92. The summed E-state index contributed by atoms with van der Waals surface area (Å²) in [6, 6.07) is 4.39. The Morgan fingerprint density at radius 3 is 2.39 bits per heavy atom. The third-order valence-corrected chi connectivity index (χ3v) is 3.65. The summed E-state index contributed by atoms with van der Waals surface area (Å²) in [6.07, 6.45) is 0.929. The van der Waals surface area contributed by atoms with Gasteiger partial charge in [-0.2, -0.15) is 0 Å². The van der Waals surface area contributed by atoms with E-state index in [1.807, 2.05) is 0 Å². The lowest BCUT2D eigenvalue weighted by molar-refractivity contribution is -0.121. The number of likely N-dealkylation sites (N-methyl/N-ethyl adjacent to an activating group) is 1.